The number of hydrogen-bond donors (Lipinski definition) is 2. The maximum absolute atomic E-state index is 13.3. The number of amides is 3. The molecule has 3 N–H and O–H groups in total. The van der Waals surface area contributed by atoms with Gasteiger partial charge in [0, 0.05) is 57.2 Å². The lowest BCUT2D eigenvalue weighted by molar-refractivity contribution is -0.123. The molecule has 0 aliphatic carbocycles. The van der Waals surface area contributed by atoms with Crippen molar-refractivity contribution in [1.29, 1.82) is 0 Å². The second-order valence-corrected chi connectivity index (χ2v) is 10.3. The zero-order valence-electron chi connectivity index (χ0n) is 23.4. The van der Waals surface area contributed by atoms with Gasteiger partial charge in [-0.25, -0.2) is 10.6 Å². The van der Waals surface area contributed by atoms with E-state index in [2.05, 4.69) is 21.7 Å². The molecule has 8 heteroatoms. The highest BCUT2D eigenvalue weighted by atomic mass is 16.2. The first-order valence-electron chi connectivity index (χ1n) is 13.8. The van der Waals surface area contributed by atoms with Crippen LogP contribution in [0.3, 0.4) is 0 Å². The SMILES string of the molecule is C=CN(C(=O)N(N)C(C)C)c1ccc(N2CCN(CC(C(=O)NCc3ccccc3)c3ccccc3)CC2)cc1. The monoisotopic (exact) mass is 540 g/mol. The number of hydrazine groups is 1. The molecule has 1 heterocycles. The lowest BCUT2D eigenvalue weighted by Crippen LogP contribution is -2.49. The summed E-state index contributed by atoms with van der Waals surface area (Å²) in [6.07, 6.45) is 1.48. The van der Waals surface area contributed by atoms with Crippen molar-refractivity contribution in [2.75, 3.05) is 42.5 Å². The molecule has 210 valence electrons. The Labute approximate surface area is 237 Å². The summed E-state index contributed by atoms with van der Waals surface area (Å²) >= 11 is 0. The minimum atomic E-state index is -0.327. The topological polar surface area (TPSA) is 85.2 Å². The molecule has 1 unspecified atom stereocenters. The number of benzene rings is 3. The minimum absolute atomic E-state index is 0.0444. The summed E-state index contributed by atoms with van der Waals surface area (Å²) in [5, 5.41) is 4.33. The van der Waals surface area contributed by atoms with Crippen molar-refractivity contribution in [3.8, 4) is 0 Å². The molecule has 0 spiro atoms. The molecule has 3 amide bonds. The highest BCUT2D eigenvalue weighted by molar-refractivity contribution is 5.93. The van der Waals surface area contributed by atoms with E-state index in [0.29, 0.717) is 18.8 Å². The third-order valence-corrected chi connectivity index (χ3v) is 7.30. The maximum Gasteiger partial charge on any atom is 0.342 e. The van der Waals surface area contributed by atoms with Crippen molar-refractivity contribution < 1.29 is 9.59 Å². The summed E-state index contributed by atoms with van der Waals surface area (Å²) in [4.78, 5) is 32.2. The lowest BCUT2D eigenvalue weighted by Gasteiger charge is -2.37. The summed E-state index contributed by atoms with van der Waals surface area (Å²) in [6, 6.07) is 27.4. The molecule has 4 rings (SSSR count). The predicted molar refractivity (Wildman–Crippen MR) is 162 cm³/mol. The van der Waals surface area contributed by atoms with Gasteiger partial charge in [0.1, 0.15) is 0 Å². The number of nitrogens with zero attached hydrogens (tertiary/aromatic N) is 4. The first-order valence-corrected chi connectivity index (χ1v) is 13.8. The Balaban J connectivity index is 1.36. The van der Waals surface area contributed by atoms with E-state index >= 15 is 0 Å². The number of carbonyl (C=O) groups excluding carboxylic acids is 2. The second-order valence-electron chi connectivity index (χ2n) is 10.3. The van der Waals surface area contributed by atoms with Crippen LogP contribution >= 0.6 is 0 Å². The van der Waals surface area contributed by atoms with Gasteiger partial charge in [-0.2, -0.15) is 0 Å². The average molecular weight is 541 g/mol. The number of anilines is 2. The van der Waals surface area contributed by atoms with Gasteiger partial charge in [0.2, 0.25) is 5.91 Å². The Hall–Kier alpha value is -4.14. The van der Waals surface area contributed by atoms with Crippen LogP contribution < -0.4 is 21.0 Å². The van der Waals surface area contributed by atoms with Gasteiger partial charge in [-0.1, -0.05) is 67.2 Å². The van der Waals surface area contributed by atoms with Crippen LogP contribution in [-0.2, 0) is 11.3 Å². The van der Waals surface area contributed by atoms with Crippen LogP contribution in [0.2, 0.25) is 0 Å². The molecule has 1 atom stereocenters. The smallest absolute Gasteiger partial charge is 0.342 e. The molecule has 8 nitrogen and oxygen atoms in total. The Kier molecular flexibility index (Phi) is 9.94. The van der Waals surface area contributed by atoms with Crippen molar-refractivity contribution in [1.82, 2.24) is 15.2 Å². The van der Waals surface area contributed by atoms with Crippen LogP contribution in [0, 0.1) is 0 Å². The molecular weight excluding hydrogens is 500 g/mol. The zero-order chi connectivity index (χ0) is 28.5. The van der Waals surface area contributed by atoms with Gasteiger partial charge < -0.3 is 10.2 Å². The number of nitrogens with two attached hydrogens (primary N) is 1. The van der Waals surface area contributed by atoms with Gasteiger partial charge in [-0.3, -0.25) is 19.6 Å². The highest BCUT2D eigenvalue weighted by Crippen LogP contribution is 2.24. The van der Waals surface area contributed by atoms with Crippen molar-refractivity contribution in [2.24, 2.45) is 5.84 Å². The molecule has 0 aromatic heterocycles. The van der Waals surface area contributed by atoms with Crippen LogP contribution in [0.4, 0.5) is 16.2 Å². The Bertz CT molecular complexity index is 1240. The van der Waals surface area contributed by atoms with Crippen molar-refractivity contribution in [2.45, 2.75) is 32.4 Å². The normalized spacial score (nSPS) is 14.4. The van der Waals surface area contributed by atoms with E-state index in [1.54, 1.807) is 0 Å². The fraction of sp³-hybridized carbons (Fsp3) is 0.312. The first kappa shape index (κ1) is 28.9. The largest absolute Gasteiger partial charge is 0.369 e. The summed E-state index contributed by atoms with van der Waals surface area (Å²) in [7, 11) is 0. The molecule has 3 aromatic rings. The number of urea groups is 1. The third kappa shape index (κ3) is 7.28. The standard InChI is InChI=1S/C32H40N6O2/c1-4-37(32(40)38(33)25(2)3)29-17-15-28(16-18-29)36-21-19-35(20-22-36)24-30(27-13-9-6-10-14-27)31(39)34-23-26-11-7-5-8-12-26/h4-18,25,30H,1,19-24,33H2,2-3H3,(H,34,39). The summed E-state index contributed by atoms with van der Waals surface area (Å²) in [5.41, 5.74) is 3.92. The van der Waals surface area contributed by atoms with E-state index in [1.807, 2.05) is 98.8 Å². The molecule has 0 radical (unpaired) electrons. The van der Waals surface area contributed by atoms with Crippen molar-refractivity contribution in [3.05, 3.63) is 109 Å². The molecule has 3 aromatic carbocycles. The summed E-state index contributed by atoms with van der Waals surface area (Å²) < 4.78 is 0. The van der Waals surface area contributed by atoms with Gasteiger partial charge in [-0.15, -0.1) is 0 Å². The van der Waals surface area contributed by atoms with E-state index in [-0.39, 0.29) is 23.9 Å². The number of hydrogen-bond acceptors (Lipinski definition) is 5. The summed E-state index contributed by atoms with van der Waals surface area (Å²) in [5.74, 6) is 5.72. The molecule has 1 fully saturated rings. The molecule has 1 aliphatic rings. The number of rotatable bonds is 10. The van der Waals surface area contributed by atoms with Gasteiger partial charge in [0.15, 0.2) is 0 Å². The summed E-state index contributed by atoms with van der Waals surface area (Å²) in [6.45, 7) is 12.1. The molecule has 1 saturated heterocycles. The minimum Gasteiger partial charge on any atom is -0.369 e. The highest BCUT2D eigenvalue weighted by Gasteiger charge is 2.26. The van der Waals surface area contributed by atoms with Crippen LogP contribution in [0.15, 0.2) is 97.7 Å². The van der Waals surface area contributed by atoms with Gasteiger partial charge in [0.25, 0.3) is 0 Å². The molecule has 1 aliphatic heterocycles. The van der Waals surface area contributed by atoms with E-state index in [0.717, 1.165) is 43.0 Å². The Morgan fingerprint density at radius 2 is 1.52 bits per heavy atom. The quantitative estimate of drug-likeness (QED) is 0.224. The van der Waals surface area contributed by atoms with E-state index < -0.39 is 0 Å². The molecule has 0 saturated carbocycles. The fourth-order valence-electron chi connectivity index (χ4n) is 4.84. The van der Waals surface area contributed by atoms with Gasteiger partial charge >= 0.3 is 6.03 Å². The van der Waals surface area contributed by atoms with Gasteiger partial charge in [0.05, 0.1) is 11.6 Å². The number of carbonyl (C=O) groups is 2. The fourth-order valence-corrected chi connectivity index (χ4v) is 4.84. The van der Waals surface area contributed by atoms with E-state index in [1.165, 1.54) is 16.1 Å². The van der Waals surface area contributed by atoms with Crippen molar-refractivity contribution >= 4 is 23.3 Å². The third-order valence-electron chi connectivity index (χ3n) is 7.30. The molecular formula is C32H40N6O2. The first-order chi connectivity index (χ1) is 19.4. The van der Waals surface area contributed by atoms with Crippen LogP contribution in [-0.4, -0.2) is 60.6 Å². The van der Waals surface area contributed by atoms with Crippen LogP contribution in [0.1, 0.15) is 30.9 Å². The van der Waals surface area contributed by atoms with Crippen LogP contribution in [0.25, 0.3) is 0 Å². The lowest BCUT2D eigenvalue weighted by atomic mass is 9.97. The van der Waals surface area contributed by atoms with Crippen molar-refractivity contribution in [3.63, 3.8) is 0 Å². The molecule has 0 bridgehead atoms. The second kappa shape index (κ2) is 13.8. The van der Waals surface area contributed by atoms with Crippen LogP contribution in [0.5, 0.6) is 0 Å². The van der Waals surface area contributed by atoms with E-state index in [4.69, 9.17) is 5.84 Å². The Morgan fingerprint density at radius 3 is 2.10 bits per heavy atom. The maximum atomic E-state index is 13.3. The van der Waals surface area contributed by atoms with E-state index in [9.17, 15) is 9.59 Å². The van der Waals surface area contributed by atoms with Gasteiger partial charge in [-0.05, 0) is 49.2 Å². The Morgan fingerprint density at radius 1 is 0.925 bits per heavy atom. The number of nitrogens with one attached hydrogen (secondary N) is 1. The number of piperazine rings is 1. The molecule has 40 heavy (non-hydrogen) atoms. The average Bonchev–Trinajstić information content (AvgIpc) is 3.00. The predicted octanol–water partition coefficient (Wildman–Crippen LogP) is 4.56. The zero-order valence-corrected chi connectivity index (χ0v) is 23.4.